The first kappa shape index (κ1) is 22.9. The average Bonchev–Trinajstić information content (AvgIpc) is 2.58. The third kappa shape index (κ3) is 6.07. The zero-order valence-electron chi connectivity index (χ0n) is 16.1. The Morgan fingerprint density at radius 3 is 2.38 bits per heavy atom. The number of nitro benzene ring substituents is 1. The highest BCUT2D eigenvalue weighted by molar-refractivity contribution is 7.86. The van der Waals surface area contributed by atoms with Crippen molar-refractivity contribution >= 4 is 21.9 Å². The minimum Gasteiger partial charge on any atom is -0.444 e. The molecular formula is C17H22F2N2O7S. The molecule has 1 saturated heterocycles. The Morgan fingerprint density at radius 2 is 1.90 bits per heavy atom. The fourth-order valence-corrected chi connectivity index (χ4v) is 3.60. The number of non-ortho nitro benzene ring substituents is 1. The lowest BCUT2D eigenvalue weighted by Gasteiger charge is -2.38. The molecule has 1 heterocycles. The van der Waals surface area contributed by atoms with Crippen LogP contribution in [0.25, 0.3) is 0 Å². The Balaban J connectivity index is 2.00. The van der Waals surface area contributed by atoms with Gasteiger partial charge in [0.1, 0.15) is 5.60 Å². The van der Waals surface area contributed by atoms with E-state index in [-0.39, 0.29) is 23.5 Å². The molecule has 1 aromatic carbocycles. The molecule has 0 N–H and O–H groups in total. The van der Waals surface area contributed by atoms with Crippen molar-refractivity contribution < 1.29 is 35.8 Å². The number of rotatable bonds is 5. The molecule has 0 radical (unpaired) electrons. The molecule has 1 atom stereocenters. The second-order valence-corrected chi connectivity index (χ2v) is 9.25. The summed E-state index contributed by atoms with van der Waals surface area (Å²) in [5, 5.41) is 10.6. The van der Waals surface area contributed by atoms with Crippen LogP contribution < -0.4 is 0 Å². The van der Waals surface area contributed by atoms with Crippen molar-refractivity contribution in [2.45, 2.75) is 43.6 Å². The predicted octanol–water partition coefficient (Wildman–Crippen LogP) is 3.19. The zero-order chi connectivity index (χ0) is 22.0. The number of benzene rings is 1. The number of nitro groups is 1. The molecule has 0 aromatic heterocycles. The minimum absolute atomic E-state index is 0.0316. The van der Waals surface area contributed by atoms with Gasteiger partial charge in [0.2, 0.25) is 0 Å². The summed E-state index contributed by atoms with van der Waals surface area (Å²) >= 11 is 0. The maximum atomic E-state index is 14.4. The highest BCUT2D eigenvalue weighted by Gasteiger charge is 2.47. The summed E-state index contributed by atoms with van der Waals surface area (Å²) in [7, 11) is -4.37. The van der Waals surface area contributed by atoms with Gasteiger partial charge in [-0.1, -0.05) is 0 Å². The summed E-state index contributed by atoms with van der Waals surface area (Å²) < 4.78 is 63.1. The van der Waals surface area contributed by atoms with E-state index in [0.717, 1.165) is 29.2 Å². The quantitative estimate of drug-likeness (QED) is 0.395. The van der Waals surface area contributed by atoms with Crippen molar-refractivity contribution in [3.05, 3.63) is 34.4 Å². The van der Waals surface area contributed by atoms with Crippen LogP contribution in [0.3, 0.4) is 0 Å². The number of hydrogen-bond donors (Lipinski definition) is 0. The molecule has 1 fully saturated rings. The number of carbonyl (C=O) groups excluding carboxylic acids is 1. The maximum absolute atomic E-state index is 14.4. The lowest BCUT2D eigenvalue weighted by atomic mass is 9.94. The summed E-state index contributed by atoms with van der Waals surface area (Å²) in [5.41, 5.74) is -1.14. The van der Waals surface area contributed by atoms with Crippen molar-refractivity contribution in [2.24, 2.45) is 5.92 Å². The largest absolute Gasteiger partial charge is 0.444 e. The predicted molar refractivity (Wildman–Crippen MR) is 97.1 cm³/mol. The van der Waals surface area contributed by atoms with Crippen molar-refractivity contribution in [2.75, 3.05) is 19.7 Å². The third-order valence-corrected chi connectivity index (χ3v) is 5.45. The standard InChI is InChI=1S/C17H22F2N2O7S/c1-16(2,3)28-15(22)20-9-8-12(17(18,19)11-20)10-27-29(25,26)14-6-4-13(5-7-14)21(23)24/h4-7,12H,8-11H2,1-3H3. The molecule has 0 spiro atoms. The van der Waals surface area contributed by atoms with Gasteiger partial charge in [-0.3, -0.25) is 14.3 Å². The Kier molecular flexibility index (Phi) is 6.48. The van der Waals surface area contributed by atoms with Gasteiger partial charge in [0.25, 0.3) is 21.7 Å². The second-order valence-electron chi connectivity index (χ2n) is 7.64. The SMILES string of the molecule is CC(C)(C)OC(=O)N1CCC(COS(=O)(=O)c2ccc([N+](=O)[O-])cc2)C(F)(F)C1. The molecule has 0 saturated carbocycles. The number of ether oxygens (including phenoxy) is 1. The Bertz CT molecular complexity index is 867. The number of amides is 1. The van der Waals surface area contributed by atoms with Gasteiger partial charge >= 0.3 is 6.09 Å². The summed E-state index contributed by atoms with van der Waals surface area (Å²) in [5.74, 6) is -4.80. The molecule has 0 aliphatic carbocycles. The highest BCUT2D eigenvalue weighted by atomic mass is 32.2. The number of halogens is 2. The second kappa shape index (κ2) is 8.19. The molecule has 162 valence electrons. The molecule has 9 nitrogen and oxygen atoms in total. The first-order valence-electron chi connectivity index (χ1n) is 8.71. The molecular weight excluding hydrogens is 414 g/mol. The normalized spacial score (nSPS) is 19.6. The highest BCUT2D eigenvalue weighted by Crippen LogP contribution is 2.34. The molecule has 29 heavy (non-hydrogen) atoms. The van der Waals surface area contributed by atoms with Crippen LogP contribution >= 0.6 is 0 Å². The van der Waals surface area contributed by atoms with E-state index in [1.54, 1.807) is 20.8 Å². The van der Waals surface area contributed by atoms with Crippen LogP contribution in [0.2, 0.25) is 0 Å². The van der Waals surface area contributed by atoms with E-state index in [2.05, 4.69) is 0 Å². The van der Waals surface area contributed by atoms with Gasteiger partial charge in [-0.05, 0) is 39.3 Å². The van der Waals surface area contributed by atoms with Crippen molar-refractivity contribution in [1.82, 2.24) is 4.90 Å². The van der Waals surface area contributed by atoms with E-state index in [9.17, 15) is 32.1 Å². The van der Waals surface area contributed by atoms with Gasteiger partial charge < -0.3 is 9.64 Å². The Labute approximate surface area is 166 Å². The number of nitrogens with zero attached hydrogens (tertiary/aromatic N) is 2. The minimum atomic E-state index is -4.37. The van der Waals surface area contributed by atoms with E-state index in [0.29, 0.717) is 0 Å². The summed E-state index contributed by atoms with van der Waals surface area (Å²) in [4.78, 5) is 22.4. The van der Waals surface area contributed by atoms with Crippen molar-refractivity contribution in [1.29, 1.82) is 0 Å². The summed E-state index contributed by atoms with van der Waals surface area (Å²) in [6.07, 6.45) is -1.04. The zero-order valence-corrected chi connectivity index (χ0v) is 16.9. The topological polar surface area (TPSA) is 116 Å². The number of carbonyl (C=O) groups is 1. The monoisotopic (exact) mass is 436 g/mol. The van der Waals surface area contributed by atoms with Crippen LogP contribution in [0.5, 0.6) is 0 Å². The number of alkyl halides is 2. The van der Waals surface area contributed by atoms with E-state index in [1.165, 1.54) is 0 Å². The van der Waals surface area contributed by atoms with E-state index < -0.39 is 51.7 Å². The van der Waals surface area contributed by atoms with Crippen LogP contribution in [0.15, 0.2) is 29.2 Å². The smallest absolute Gasteiger partial charge is 0.410 e. The van der Waals surface area contributed by atoms with Crippen LogP contribution in [-0.2, 0) is 19.0 Å². The maximum Gasteiger partial charge on any atom is 0.410 e. The molecule has 12 heteroatoms. The van der Waals surface area contributed by atoms with Crippen LogP contribution in [0.1, 0.15) is 27.2 Å². The van der Waals surface area contributed by atoms with Gasteiger partial charge in [-0.2, -0.15) is 8.42 Å². The van der Waals surface area contributed by atoms with Crippen LogP contribution in [0, 0.1) is 16.0 Å². The first-order chi connectivity index (χ1) is 13.2. The van der Waals surface area contributed by atoms with Gasteiger partial charge in [0.15, 0.2) is 0 Å². The molecule has 1 amide bonds. The van der Waals surface area contributed by atoms with E-state index in [1.807, 2.05) is 0 Å². The lowest BCUT2D eigenvalue weighted by Crippen LogP contribution is -2.53. The van der Waals surface area contributed by atoms with Gasteiger partial charge in [0, 0.05) is 18.7 Å². The molecule has 2 rings (SSSR count). The third-order valence-electron chi connectivity index (χ3n) is 4.16. The molecule has 1 aliphatic rings. The lowest BCUT2D eigenvalue weighted by molar-refractivity contribution is -0.384. The first-order valence-corrected chi connectivity index (χ1v) is 10.1. The molecule has 1 unspecified atom stereocenters. The van der Waals surface area contributed by atoms with Crippen LogP contribution in [0.4, 0.5) is 19.3 Å². The molecule has 0 bridgehead atoms. The Morgan fingerprint density at radius 1 is 1.31 bits per heavy atom. The Hall–Kier alpha value is -2.34. The van der Waals surface area contributed by atoms with E-state index in [4.69, 9.17) is 8.92 Å². The van der Waals surface area contributed by atoms with Gasteiger partial charge in [0.05, 0.1) is 28.9 Å². The average molecular weight is 436 g/mol. The number of hydrogen-bond acceptors (Lipinski definition) is 7. The fraction of sp³-hybridized carbons (Fsp3) is 0.588. The summed E-state index contributed by atoms with van der Waals surface area (Å²) in [6.45, 7) is 3.13. The fourth-order valence-electron chi connectivity index (χ4n) is 2.65. The summed E-state index contributed by atoms with van der Waals surface area (Å²) in [6, 6.07) is 3.89. The van der Waals surface area contributed by atoms with Crippen molar-refractivity contribution in [3.8, 4) is 0 Å². The molecule has 1 aliphatic heterocycles. The van der Waals surface area contributed by atoms with Crippen molar-refractivity contribution in [3.63, 3.8) is 0 Å². The number of piperidine rings is 1. The molecule has 1 aromatic rings. The number of likely N-dealkylation sites (tertiary alicyclic amines) is 1. The van der Waals surface area contributed by atoms with E-state index >= 15 is 0 Å². The van der Waals surface area contributed by atoms with Crippen LogP contribution in [-0.4, -0.2) is 55.6 Å². The van der Waals surface area contributed by atoms with Gasteiger partial charge in [-0.25, -0.2) is 13.6 Å². The van der Waals surface area contributed by atoms with Gasteiger partial charge in [-0.15, -0.1) is 0 Å².